The average molecular weight is 378 g/mol. The number of alkyl halides is 1. The maximum absolute atomic E-state index is 6.60. The minimum atomic E-state index is -0.0928. The van der Waals surface area contributed by atoms with Crippen LogP contribution in [0.15, 0.2) is 64.5 Å². The third-order valence-corrected chi connectivity index (χ3v) is 6.25. The van der Waals surface area contributed by atoms with Gasteiger partial charge in [-0.3, -0.25) is 0 Å². The number of halogens is 2. The molecular weight excluding hydrogens is 364 g/mol. The number of thiophene rings is 1. The van der Waals surface area contributed by atoms with E-state index in [1.54, 1.807) is 11.3 Å². The maximum atomic E-state index is 6.60. The summed E-state index contributed by atoms with van der Waals surface area (Å²) in [7, 11) is 0. The zero-order valence-electron chi connectivity index (χ0n) is 11.5. The molecule has 1 aromatic heterocycles. The summed E-state index contributed by atoms with van der Waals surface area (Å²) in [5.74, 6) is 0. The van der Waals surface area contributed by atoms with E-state index in [9.17, 15) is 0 Å². The van der Waals surface area contributed by atoms with Gasteiger partial charge in [-0.15, -0.1) is 22.9 Å². The summed E-state index contributed by atoms with van der Waals surface area (Å²) >= 11 is 11.9. The van der Waals surface area contributed by atoms with Crippen LogP contribution >= 0.6 is 38.9 Å². The lowest BCUT2D eigenvalue weighted by molar-refractivity contribution is 1.18. The summed E-state index contributed by atoms with van der Waals surface area (Å²) in [5.41, 5.74) is 4.81. The molecule has 0 saturated carbocycles. The van der Waals surface area contributed by atoms with Crippen molar-refractivity contribution >= 4 is 38.9 Å². The van der Waals surface area contributed by atoms with E-state index in [-0.39, 0.29) is 5.38 Å². The summed E-state index contributed by atoms with van der Waals surface area (Å²) in [6.45, 7) is 2.09. The van der Waals surface area contributed by atoms with E-state index in [4.69, 9.17) is 11.6 Å². The first-order chi connectivity index (χ1) is 10.1. The van der Waals surface area contributed by atoms with Crippen molar-refractivity contribution < 1.29 is 0 Å². The van der Waals surface area contributed by atoms with Crippen LogP contribution < -0.4 is 0 Å². The largest absolute Gasteiger partial charge is 0.131 e. The molecule has 1 unspecified atom stereocenters. The SMILES string of the molecule is Cc1cc(C(Cl)c2ccc(-c3ccccc3)cc2)sc1Br. The van der Waals surface area contributed by atoms with Crippen LogP contribution in [0.2, 0.25) is 0 Å². The molecule has 1 heterocycles. The molecule has 1 atom stereocenters. The van der Waals surface area contributed by atoms with Crippen molar-refractivity contribution in [3.05, 3.63) is 80.5 Å². The normalized spacial score (nSPS) is 12.3. The van der Waals surface area contributed by atoms with E-state index in [0.29, 0.717) is 0 Å². The Morgan fingerprint density at radius 2 is 1.57 bits per heavy atom. The van der Waals surface area contributed by atoms with Crippen molar-refractivity contribution in [2.75, 3.05) is 0 Å². The van der Waals surface area contributed by atoms with Gasteiger partial charge in [-0.25, -0.2) is 0 Å². The van der Waals surface area contributed by atoms with Crippen molar-refractivity contribution in [1.82, 2.24) is 0 Å². The number of rotatable bonds is 3. The summed E-state index contributed by atoms with van der Waals surface area (Å²) < 4.78 is 1.16. The Morgan fingerprint density at radius 3 is 2.14 bits per heavy atom. The Hall–Kier alpha value is -1.09. The molecule has 21 heavy (non-hydrogen) atoms. The van der Waals surface area contributed by atoms with Gasteiger partial charge in [0, 0.05) is 4.88 Å². The molecule has 0 N–H and O–H groups in total. The van der Waals surface area contributed by atoms with E-state index in [0.717, 1.165) is 9.35 Å². The second kappa shape index (κ2) is 6.35. The molecule has 3 aromatic rings. The Kier molecular flexibility index (Phi) is 4.48. The van der Waals surface area contributed by atoms with Gasteiger partial charge in [-0.05, 0) is 51.2 Å². The first-order valence-corrected chi connectivity index (χ1v) is 8.75. The molecule has 0 saturated heterocycles. The van der Waals surface area contributed by atoms with Crippen molar-refractivity contribution in [2.24, 2.45) is 0 Å². The lowest BCUT2D eigenvalue weighted by atomic mass is 10.0. The van der Waals surface area contributed by atoms with Crippen LogP contribution in [0, 0.1) is 6.92 Å². The van der Waals surface area contributed by atoms with Gasteiger partial charge in [0.2, 0.25) is 0 Å². The molecule has 2 aromatic carbocycles. The first kappa shape index (κ1) is 14.8. The fourth-order valence-corrected chi connectivity index (χ4v) is 4.17. The maximum Gasteiger partial charge on any atom is 0.0928 e. The molecule has 0 aliphatic carbocycles. The minimum absolute atomic E-state index is 0.0928. The quantitative estimate of drug-likeness (QED) is 0.439. The van der Waals surface area contributed by atoms with Gasteiger partial charge in [0.25, 0.3) is 0 Å². The smallest absolute Gasteiger partial charge is 0.0928 e. The summed E-state index contributed by atoms with van der Waals surface area (Å²) in [4.78, 5) is 1.17. The van der Waals surface area contributed by atoms with E-state index in [2.05, 4.69) is 77.5 Å². The molecule has 0 nitrogen and oxygen atoms in total. The van der Waals surface area contributed by atoms with Gasteiger partial charge in [0.05, 0.1) is 9.16 Å². The zero-order valence-corrected chi connectivity index (χ0v) is 14.7. The average Bonchev–Trinajstić information content (AvgIpc) is 2.87. The van der Waals surface area contributed by atoms with Gasteiger partial charge in [0.15, 0.2) is 0 Å². The highest BCUT2D eigenvalue weighted by Crippen LogP contribution is 2.38. The van der Waals surface area contributed by atoms with Gasteiger partial charge < -0.3 is 0 Å². The molecule has 0 bridgehead atoms. The van der Waals surface area contributed by atoms with Crippen LogP contribution in [-0.4, -0.2) is 0 Å². The molecule has 0 amide bonds. The molecule has 3 heteroatoms. The van der Waals surface area contributed by atoms with Crippen LogP contribution in [-0.2, 0) is 0 Å². The predicted molar refractivity (Wildman–Crippen MR) is 96.3 cm³/mol. The molecule has 0 fully saturated rings. The predicted octanol–water partition coefficient (Wildman–Crippen LogP) is 6.81. The molecular formula is C18H14BrClS. The topological polar surface area (TPSA) is 0 Å². The second-order valence-corrected chi connectivity index (χ2v) is 7.79. The number of aryl methyl sites for hydroxylation is 1. The van der Waals surface area contributed by atoms with Gasteiger partial charge in [0.1, 0.15) is 0 Å². The van der Waals surface area contributed by atoms with Crippen molar-refractivity contribution in [1.29, 1.82) is 0 Å². The summed E-state index contributed by atoms with van der Waals surface area (Å²) in [5, 5.41) is -0.0928. The van der Waals surface area contributed by atoms with Crippen LogP contribution in [0.3, 0.4) is 0 Å². The molecule has 0 aliphatic heterocycles. The van der Waals surface area contributed by atoms with Crippen LogP contribution in [0.5, 0.6) is 0 Å². The molecule has 3 rings (SSSR count). The third-order valence-electron chi connectivity index (χ3n) is 3.44. The monoisotopic (exact) mass is 376 g/mol. The third kappa shape index (κ3) is 3.23. The second-order valence-electron chi connectivity index (χ2n) is 4.96. The van der Waals surface area contributed by atoms with Crippen molar-refractivity contribution in [2.45, 2.75) is 12.3 Å². The highest BCUT2D eigenvalue weighted by molar-refractivity contribution is 9.11. The van der Waals surface area contributed by atoms with Crippen LogP contribution in [0.1, 0.15) is 21.4 Å². The first-order valence-electron chi connectivity index (χ1n) is 6.70. The Labute approximate surface area is 142 Å². The van der Waals surface area contributed by atoms with E-state index in [1.165, 1.54) is 21.6 Å². The van der Waals surface area contributed by atoms with E-state index in [1.807, 2.05) is 6.07 Å². The standard InChI is InChI=1S/C18H14BrClS/c1-12-11-16(21-18(12)19)17(20)15-9-7-14(8-10-15)13-5-3-2-4-6-13/h2-11,17H,1H3. The summed E-state index contributed by atoms with van der Waals surface area (Å²) in [6.07, 6.45) is 0. The van der Waals surface area contributed by atoms with Gasteiger partial charge in [-0.2, -0.15) is 0 Å². The number of hydrogen-bond donors (Lipinski definition) is 0. The Morgan fingerprint density at radius 1 is 0.952 bits per heavy atom. The van der Waals surface area contributed by atoms with E-state index >= 15 is 0 Å². The fourth-order valence-electron chi connectivity index (χ4n) is 2.25. The lowest BCUT2D eigenvalue weighted by Crippen LogP contribution is -1.90. The molecule has 0 spiro atoms. The molecule has 106 valence electrons. The van der Waals surface area contributed by atoms with E-state index < -0.39 is 0 Å². The van der Waals surface area contributed by atoms with Crippen molar-refractivity contribution in [3.8, 4) is 11.1 Å². The highest BCUT2D eigenvalue weighted by Gasteiger charge is 2.14. The Balaban J connectivity index is 1.87. The van der Waals surface area contributed by atoms with Crippen LogP contribution in [0.25, 0.3) is 11.1 Å². The molecule has 0 radical (unpaired) electrons. The molecule has 0 aliphatic rings. The minimum Gasteiger partial charge on any atom is -0.131 e. The Bertz CT molecular complexity index is 712. The summed E-state index contributed by atoms with van der Waals surface area (Å²) in [6, 6.07) is 21.0. The van der Waals surface area contributed by atoms with Crippen molar-refractivity contribution in [3.63, 3.8) is 0 Å². The fraction of sp³-hybridized carbons (Fsp3) is 0.111. The number of benzene rings is 2. The van der Waals surface area contributed by atoms with Gasteiger partial charge >= 0.3 is 0 Å². The lowest BCUT2D eigenvalue weighted by Gasteiger charge is -2.09. The van der Waals surface area contributed by atoms with Crippen LogP contribution in [0.4, 0.5) is 0 Å². The highest BCUT2D eigenvalue weighted by atomic mass is 79.9. The zero-order chi connectivity index (χ0) is 14.8. The number of hydrogen-bond acceptors (Lipinski definition) is 1. The van der Waals surface area contributed by atoms with Gasteiger partial charge in [-0.1, -0.05) is 54.6 Å².